The summed E-state index contributed by atoms with van der Waals surface area (Å²) < 4.78 is 0. The third-order valence-electron chi connectivity index (χ3n) is 10.7. The lowest BCUT2D eigenvalue weighted by atomic mass is 9.34. The van der Waals surface area contributed by atoms with E-state index in [0.717, 1.165) is 33.8 Å². The minimum absolute atomic E-state index is 0.0758. The van der Waals surface area contributed by atoms with Crippen LogP contribution in [0.2, 0.25) is 0 Å². The summed E-state index contributed by atoms with van der Waals surface area (Å²) in [5, 5.41) is 2.36. The summed E-state index contributed by atoms with van der Waals surface area (Å²) in [7, 11) is 0. The van der Waals surface area contributed by atoms with Crippen LogP contribution in [0.3, 0.4) is 0 Å². The molecule has 0 fully saturated rings. The molecule has 0 unspecified atom stereocenters. The molecule has 0 amide bonds. The molecule has 262 valence electrons. The molecule has 1 aromatic heterocycles. The van der Waals surface area contributed by atoms with Crippen molar-refractivity contribution in [1.82, 2.24) is 9.97 Å². The number of hydrogen-bond acceptors (Lipinski definition) is 3. The molecule has 0 atom stereocenters. The van der Waals surface area contributed by atoms with Gasteiger partial charge in [0.05, 0.1) is 11.4 Å². The summed E-state index contributed by atoms with van der Waals surface area (Å²) in [4.78, 5) is 12.4. The number of nitrogens with zero attached hydrogens (tertiary/aromatic N) is 3. The van der Waals surface area contributed by atoms with Crippen molar-refractivity contribution in [3.63, 3.8) is 0 Å². The fraction of sp³-hybridized carbons (Fsp3) is 0.120. The minimum Gasteiger partial charge on any atom is -0.279 e. The largest absolute Gasteiger partial charge is 0.279 e. The first kappa shape index (κ1) is 34.8. The number of hydrogen-bond donors (Lipinski definition) is 0. The van der Waals surface area contributed by atoms with Crippen LogP contribution < -0.4 is 21.3 Å². The fourth-order valence-corrected chi connectivity index (χ4v) is 8.53. The molecule has 0 N–H and O–H groups in total. The third-order valence-corrected chi connectivity index (χ3v) is 10.7. The smallest absolute Gasteiger partial charge is 0.242 e. The van der Waals surface area contributed by atoms with Gasteiger partial charge in [0.15, 0.2) is 0 Å². The zero-order valence-electron chi connectivity index (χ0n) is 31.9. The van der Waals surface area contributed by atoms with E-state index < -0.39 is 0 Å². The number of anilines is 3. The monoisotopic (exact) mass is 697 g/mol. The zero-order chi connectivity index (χ0) is 37.3. The molecule has 0 bridgehead atoms. The summed E-state index contributed by atoms with van der Waals surface area (Å²) >= 11 is 0. The third kappa shape index (κ3) is 6.61. The maximum absolute atomic E-state index is 5.24. The van der Waals surface area contributed by atoms with Crippen LogP contribution in [0.1, 0.15) is 33.4 Å². The fourth-order valence-electron chi connectivity index (χ4n) is 8.53. The number of rotatable bonds is 8. The van der Waals surface area contributed by atoms with Gasteiger partial charge in [-0.25, -0.2) is 9.97 Å². The van der Waals surface area contributed by atoms with Crippen molar-refractivity contribution < 1.29 is 0 Å². The highest BCUT2D eigenvalue weighted by Gasteiger charge is 2.29. The molecule has 7 aromatic carbocycles. The van der Waals surface area contributed by atoms with E-state index in [1.165, 1.54) is 60.5 Å². The predicted octanol–water partition coefficient (Wildman–Crippen LogP) is 10.8. The summed E-state index contributed by atoms with van der Waals surface area (Å²) in [6, 6.07) is 54.5. The van der Waals surface area contributed by atoms with Crippen LogP contribution in [0.15, 0.2) is 158 Å². The molecule has 54 heavy (non-hydrogen) atoms. The van der Waals surface area contributed by atoms with E-state index in [2.05, 4.69) is 186 Å². The first-order valence-corrected chi connectivity index (χ1v) is 18.8. The van der Waals surface area contributed by atoms with Gasteiger partial charge < -0.3 is 0 Å². The maximum atomic E-state index is 5.24. The molecule has 0 aliphatic carbocycles. The van der Waals surface area contributed by atoms with Gasteiger partial charge >= 0.3 is 0 Å². The van der Waals surface area contributed by atoms with E-state index in [9.17, 15) is 0 Å². The number of fused-ring (bicyclic) bond motifs is 1. The lowest BCUT2D eigenvalue weighted by Gasteiger charge is -2.28. The number of benzene rings is 7. The normalized spacial score (nSPS) is 11.1. The van der Waals surface area contributed by atoms with Crippen LogP contribution in [0.25, 0.3) is 33.2 Å². The first-order valence-electron chi connectivity index (χ1n) is 18.8. The Morgan fingerprint density at radius 2 is 1.04 bits per heavy atom. The van der Waals surface area contributed by atoms with E-state index in [4.69, 9.17) is 9.97 Å². The van der Waals surface area contributed by atoms with Crippen molar-refractivity contribution in [3.8, 4) is 22.4 Å². The lowest BCUT2D eigenvalue weighted by molar-refractivity contribution is 1.08. The van der Waals surface area contributed by atoms with Crippen molar-refractivity contribution in [2.24, 2.45) is 0 Å². The number of aromatic nitrogens is 2. The van der Waals surface area contributed by atoms with Crippen molar-refractivity contribution in [2.45, 2.75) is 41.5 Å². The zero-order valence-corrected chi connectivity index (χ0v) is 31.9. The van der Waals surface area contributed by atoms with Gasteiger partial charge in [-0.05, 0) is 82.1 Å². The van der Waals surface area contributed by atoms with Crippen LogP contribution >= 0.6 is 0 Å². The molecular weight excluding hydrogens is 653 g/mol. The molecule has 8 aromatic rings. The summed E-state index contributed by atoms with van der Waals surface area (Å²) in [5.74, 6) is 0.614. The highest BCUT2D eigenvalue weighted by Crippen LogP contribution is 2.43. The molecule has 0 aliphatic heterocycles. The second-order valence-electron chi connectivity index (χ2n) is 14.6. The molecular formula is C50H44BN3. The molecule has 0 radical (unpaired) electrons. The lowest BCUT2D eigenvalue weighted by Crippen LogP contribution is -2.55. The average Bonchev–Trinajstić information content (AvgIpc) is 3.18. The molecule has 0 spiro atoms. The van der Waals surface area contributed by atoms with E-state index in [-0.39, 0.29) is 6.71 Å². The van der Waals surface area contributed by atoms with Gasteiger partial charge in [-0.1, -0.05) is 177 Å². The van der Waals surface area contributed by atoms with Crippen LogP contribution in [0, 0.1) is 41.5 Å². The molecule has 1 heterocycles. The van der Waals surface area contributed by atoms with Gasteiger partial charge in [-0.3, -0.25) is 4.90 Å². The molecule has 0 saturated heterocycles. The van der Waals surface area contributed by atoms with E-state index in [0.29, 0.717) is 5.95 Å². The highest BCUT2D eigenvalue weighted by atomic mass is 15.3. The molecule has 0 aliphatic rings. The summed E-state index contributed by atoms with van der Waals surface area (Å²) in [6.45, 7) is 13.5. The Labute approximate surface area is 320 Å². The molecule has 0 saturated carbocycles. The highest BCUT2D eigenvalue weighted by molar-refractivity contribution is 6.96. The second kappa shape index (κ2) is 14.6. The quantitative estimate of drug-likeness (QED) is 0.148. The summed E-state index contributed by atoms with van der Waals surface area (Å²) in [5.41, 5.74) is 18.1. The van der Waals surface area contributed by atoms with Gasteiger partial charge in [0, 0.05) is 23.0 Å². The van der Waals surface area contributed by atoms with Crippen LogP contribution in [-0.2, 0) is 0 Å². The Kier molecular flexibility index (Phi) is 9.44. The van der Waals surface area contributed by atoms with Crippen LogP contribution in [0.5, 0.6) is 0 Å². The topological polar surface area (TPSA) is 29.0 Å². The van der Waals surface area contributed by atoms with Crippen molar-refractivity contribution in [1.29, 1.82) is 0 Å². The Morgan fingerprint density at radius 1 is 0.500 bits per heavy atom. The first-order chi connectivity index (χ1) is 26.3. The van der Waals surface area contributed by atoms with Gasteiger partial charge in [-0.2, -0.15) is 0 Å². The second-order valence-corrected chi connectivity index (χ2v) is 14.6. The van der Waals surface area contributed by atoms with E-state index in [1.54, 1.807) is 0 Å². The van der Waals surface area contributed by atoms with Crippen molar-refractivity contribution in [2.75, 3.05) is 4.90 Å². The Morgan fingerprint density at radius 3 is 1.63 bits per heavy atom. The van der Waals surface area contributed by atoms with Gasteiger partial charge in [0.2, 0.25) is 12.7 Å². The molecule has 8 rings (SSSR count). The van der Waals surface area contributed by atoms with Gasteiger partial charge in [-0.15, -0.1) is 0 Å². The maximum Gasteiger partial charge on any atom is 0.242 e. The predicted molar refractivity (Wildman–Crippen MR) is 231 cm³/mol. The standard InChI is InChI=1S/C50H44BN3/c1-33-29-35(3)48(36(4)30-33)51(49-37(5)31-34(2)32-38(49)6)42-22-24-43(25-23-42)54(50-52-28-27-45(53-50)40-16-9-7-10-17-40)46-26-21-39-15-13-14-20-44(39)47(46)41-18-11-8-12-19-41/h7-32H,1-6H3. The number of aryl methyl sites for hydroxylation is 6. The van der Waals surface area contributed by atoms with E-state index >= 15 is 0 Å². The average molecular weight is 698 g/mol. The van der Waals surface area contributed by atoms with E-state index in [1.807, 2.05) is 18.3 Å². The molecule has 3 nitrogen and oxygen atoms in total. The van der Waals surface area contributed by atoms with Crippen LogP contribution in [-0.4, -0.2) is 16.7 Å². The Hall–Kier alpha value is -6.26. The summed E-state index contributed by atoms with van der Waals surface area (Å²) in [6.07, 6.45) is 1.87. The van der Waals surface area contributed by atoms with Crippen molar-refractivity contribution >= 4 is 51.2 Å². The Balaban J connectivity index is 1.36. The molecule has 4 heteroatoms. The van der Waals surface area contributed by atoms with Gasteiger partial charge in [0.25, 0.3) is 0 Å². The SMILES string of the molecule is Cc1cc(C)c(B(c2ccc(N(c3nccc(-c4ccccc4)n3)c3ccc4ccccc4c3-c3ccccc3)cc2)c2c(C)cc(C)cc2C)c(C)c1. The minimum atomic E-state index is 0.0758. The Bertz CT molecular complexity index is 2510. The van der Waals surface area contributed by atoms with Crippen molar-refractivity contribution in [3.05, 3.63) is 191 Å². The van der Waals surface area contributed by atoms with Gasteiger partial charge in [0.1, 0.15) is 0 Å². The van der Waals surface area contributed by atoms with Crippen LogP contribution in [0.4, 0.5) is 17.3 Å².